The van der Waals surface area contributed by atoms with E-state index in [2.05, 4.69) is 5.10 Å². The highest BCUT2D eigenvalue weighted by atomic mass is 35.5. The molecule has 0 aliphatic rings. The van der Waals surface area contributed by atoms with Gasteiger partial charge in [0.05, 0.1) is 5.69 Å². The van der Waals surface area contributed by atoms with Crippen LogP contribution < -0.4 is 5.73 Å². The summed E-state index contributed by atoms with van der Waals surface area (Å²) in [5, 5.41) is 4.10. The Labute approximate surface area is 125 Å². The van der Waals surface area contributed by atoms with E-state index in [9.17, 15) is 13.2 Å². The Bertz CT molecular complexity index is 622. The number of benzene rings is 1. The number of halogens is 4. The van der Waals surface area contributed by atoms with Crippen LogP contribution >= 0.6 is 11.6 Å². The topological polar surface area (TPSA) is 43.8 Å². The smallest absolute Gasteiger partial charge is 0.327 e. The summed E-state index contributed by atoms with van der Waals surface area (Å²) >= 11 is 5.96. The van der Waals surface area contributed by atoms with Gasteiger partial charge in [0.15, 0.2) is 5.69 Å². The molecule has 21 heavy (non-hydrogen) atoms. The van der Waals surface area contributed by atoms with Crippen LogP contribution in [-0.2, 0) is 12.6 Å². The summed E-state index contributed by atoms with van der Waals surface area (Å²) in [5.74, 6) is 0. The Balaban J connectivity index is 2.41. The maximum Gasteiger partial charge on any atom is 0.435 e. The number of nitrogens with two attached hydrogens (primary N) is 1. The fourth-order valence-corrected chi connectivity index (χ4v) is 2.17. The van der Waals surface area contributed by atoms with E-state index in [4.69, 9.17) is 17.3 Å². The SMILES string of the molecule is CCC(N)Cc1cc(Cl)ccc1-n1ccc(C(F)(F)F)n1. The Hall–Kier alpha value is -1.53. The van der Waals surface area contributed by atoms with Gasteiger partial charge in [-0.25, -0.2) is 4.68 Å². The summed E-state index contributed by atoms with van der Waals surface area (Å²) in [6, 6.07) is 5.83. The third-order valence-corrected chi connectivity index (χ3v) is 3.41. The Morgan fingerprint density at radius 3 is 2.62 bits per heavy atom. The number of aromatic nitrogens is 2. The summed E-state index contributed by atoms with van der Waals surface area (Å²) < 4.78 is 39.1. The summed E-state index contributed by atoms with van der Waals surface area (Å²) in [6.07, 6.45) is -1.89. The molecule has 2 N–H and O–H groups in total. The molecule has 114 valence electrons. The molecule has 0 radical (unpaired) electrons. The zero-order chi connectivity index (χ0) is 15.6. The number of rotatable bonds is 4. The fourth-order valence-electron chi connectivity index (χ4n) is 1.98. The maximum absolute atomic E-state index is 12.6. The van der Waals surface area contributed by atoms with E-state index < -0.39 is 11.9 Å². The molecule has 0 bridgehead atoms. The van der Waals surface area contributed by atoms with E-state index in [1.54, 1.807) is 18.2 Å². The molecule has 2 aromatic rings. The standard InChI is InChI=1S/C14H15ClF3N3/c1-2-11(19)8-9-7-10(15)3-4-12(9)21-6-5-13(20-21)14(16,17)18/h3-7,11H,2,8,19H2,1H3. The predicted octanol–water partition coefficient (Wildman–Crippen LogP) is 3.82. The van der Waals surface area contributed by atoms with Gasteiger partial charge in [-0.2, -0.15) is 18.3 Å². The van der Waals surface area contributed by atoms with Gasteiger partial charge in [0.1, 0.15) is 0 Å². The second-order valence-corrected chi connectivity index (χ2v) is 5.23. The highest BCUT2D eigenvalue weighted by Gasteiger charge is 2.33. The van der Waals surface area contributed by atoms with Crippen LogP contribution in [0.2, 0.25) is 5.02 Å². The van der Waals surface area contributed by atoms with Crippen LogP contribution in [0.5, 0.6) is 0 Å². The highest BCUT2D eigenvalue weighted by Crippen LogP contribution is 2.29. The summed E-state index contributed by atoms with van der Waals surface area (Å²) in [6.45, 7) is 1.95. The first-order valence-electron chi connectivity index (χ1n) is 6.48. The minimum Gasteiger partial charge on any atom is -0.327 e. The minimum atomic E-state index is -4.46. The van der Waals surface area contributed by atoms with Crippen LogP contribution in [-0.4, -0.2) is 15.8 Å². The largest absolute Gasteiger partial charge is 0.435 e. The third-order valence-electron chi connectivity index (χ3n) is 3.17. The van der Waals surface area contributed by atoms with Crippen molar-refractivity contribution in [1.82, 2.24) is 9.78 Å². The van der Waals surface area contributed by atoms with Gasteiger partial charge in [0.25, 0.3) is 0 Å². The zero-order valence-corrected chi connectivity index (χ0v) is 12.1. The second-order valence-electron chi connectivity index (χ2n) is 4.79. The molecular formula is C14H15ClF3N3. The van der Waals surface area contributed by atoms with Crippen molar-refractivity contribution in [3.05, 3.63) is 46.7 Å². The van der Waals surface area contributed by atoms with Gasteiger partial charge in [-0.1, -0.05) is 18.5 Å². The number of hydrogen-bond acceptors (Lipinski definition) is 2. The molecule has 0 saturated heterocycles. The van der Waals surface area contributed by atoms with E-state index in [1.165, 1.54) is 10.9 Å². The normalized spacial score (nSPS) is 13.4. The Kier molecular flexibility index (Phi) is 4.58. The molecule has 0 aliphatic heterocycles. The average molecular weight is 318 g/mol. The van der Waals surface area contributed by atoms with Crippen molar-refractivity contribution in [3.8, 4) is 5.69 Å². The quantitative estimate of drug-likeness (QED) is 0.931. The van der Waals surface area contributed by atoms with Gasteiger partial charge in [0, 0.05) is 17.3 Å². The molecule has 0 fully saturated rings. The molecule has 1 aromatic carbocycles. The van der Waals surface area contributed by atoms with Crippen LogP contribution in [0, 0.1) is 0 Å². The van der Waals surface area contributed by atoms with E-state index >= 15 is 0 Å². The molecule has 0 amide bonds. The van der Waals surface area contributed by atoms with Crippen molar-refractivity contribution in [2.75, 3.05) is 0 Å². The number of nitrogens with zero attached hydrogens (tertiary/aromatic N) is 2. The lowest BCUT2D eigenvalue weighted by Crippen LogP contribution is -2.22. The van der Waals surface area contributed by atoms with E-state index in [-0.39, 0.29) is 6.04 Å². The maximum atomic E-state index is 12.6. The molecule has 0 spiro atoms. The first-order chi connectivity index (χ1) is 9.81. The lowest BCUT2D eigenvalue weighted by Gasteiger charge is -2.14. The van der Waals surface area contributed by atoms with Gasteiger partial charge in [-0.3, -0.25) is 0 Å². The molecule has 7 heteroatoms. The van der Waals surface area contributed by atoms with Gasteiger partial charge in [-0.15, -0.1) is 0 Å². The van der Waals surface area contributed by atoms with Crippen LogP contribution in [0.3, 0.4) is 0 Å². The van der Waals surface area contributed by atoms with Gasteiger partial charge in [-0.05, 0) is 42.7 Å². The molecule has 1 aromatic heterocycles. The molecule has 1 unspecified atom stereocenters. The van der Waals surface area contributed by atoms with Gasteiger partial charge < -0.3 is 5.73 Å². The van der Waals surface area contributed by atoms with Crippen molar-refractivity contribution in [2.45, 2.75) is 32.0 Å². The molecule has 3 nitrogen and oxygen atoms in total. The van der Waals surface area contributed by atoms with Crippen LogP contribution in [0.15, 0.2) is 30.5 Å². The monoisotopic (exact) mass is 317 g/mol. The summed E-state index contributed by atoms with van der Waals surface area (Å²) in [4.78, 5) is 0. The molecular weight excluding hydrogens is 303 g/mol. The van der Waals surface area contributed by atoms with E-state index in [0.717, 1.165) is 18.1 Å². The summed E-state index contributed by atoms with van der Waals surface area (Å²) in [7, 11) is 0. The van der Waals surface area contributed by atoms with Crippen molar-refractivity contribution >= 4 is 11.6 Å². The Morgan fingerprint density at radius 2 is 2.05 bits per heavy atom. The molecule has 1 atom stereocenters. The highest BCUT2D eigenvalue weighted by molar-refractivity contribution is 6.30. The first-order valence-corrected chi connectivity index (χ1v) is 6.86. The zero-order valence-electron chi connectivity index (χ0n) is 11.4. The van der Waals surface area contributed by atoms with Crippen molar-refractivity contribution in [2.24, 2.45) is 5.73 Å². The van der Waals surface area contributed by atoms with Crippen molar-refractivity contribution in [1.29, 1.82) is 0 Å². The predicted molar refractivity (Wildman–Crippen MR) is 75.5 cm³/mol. The van der Waals surface area contributed by atoms with Crippen molar-refractivity contribution in [3.63, 3.8) is 0 Å². The van der Waals surface area contributed by atoms with Gasteiger partial charge in [0.2, 0.25) is 0 Å². The lowest BCUT2D eigenvalue weighted by molar-refractivity contribution is -0.141. The second kappa shape index (κ2) is 6.07. The lowest BCUT2D eigenvalue weighted by atomic mass is 10.0. The van der Waals surface area contributed by atoms with Crippen LogP contribution in [0.4, 0.5) is 13.2 Å². The molecule has 2 rings (SSSR count). The van der Waals surface area contributed by atoms with Crippen LogP contribution in [0.25, 0.3) is 5.69 Å². The average Bonchev–Trinajstić information content (AvgIpc) is 2.88. The minimum absolute atomic E-state index is 0.0835. The van der Waals surface area contributed by atoms with Crippen LogP contribution in [0.1, 0.15) is 24.6 Å². The number of alkyl halides is 3. The molecule has 1 heterocycles. The van der Waals surface area contributed by atoms with E-state index in [1.807, 2.05) is 6.92 Å². The summed E-state index contributed by atoms with van der Waals surface area (Å²) in [5.41, 5.74) is 6.32. The number of hydrogen-bond donors (Lipinski definition) is 1. The van der Waals surface area contributed by atoms with Gasteiger partial charge >= 0.3 is 6.18 Å². The molecule has 0 aliphatic carbocycles. The Morgan fingerprint density at radius 1 is 1.33 bits per heavy atom. The molecule has 0 saturated carbocycles. The van der Waals surface area contributed by atoms with E-state index in [0.29, 0.717) is 17.1 Å². The fraction of sp³-hybridized carbons (Fsp3) is 0.357. The first kappa shape index (κ1) is 15.9. The van der Waals surface area contributed by atoms with Crippen molar-refractivity contribution < 1.29 is 13.2 Å². The third kappa shape index (κ3) is 3.77.